The Balaban J connectivity index is 2.05. The average molecular weight is 252 g/mol. The van der Waals surface area contributed by atoms with E-state index >= 15 is 0 Å². The van der Waals surface area contributed by atoms with Gasteiger partial charge in [-0.25, -0.2) is 0 Å². The van der Waals surface area contributed by atoms with Crippen LogP contribution >= 0.6 is 0 Å². The predicted molar refractivity (Wildman–Crippen MR) is 75.7 cm³/mol. The highest BCUT2D eigenvalue weighted by Gasteiger charge is 2.01. The summed E-state index contributed by atoms with van der Waals surface area (Å²) in [6.45, 7) is 2.84. The Morgan fingerprint density at radius 1 is 1.26 bits per heavy atom. The van der Waals surface area contributed by atoms with Gasteiger partial charge in [0, 0.05) is 11.8 Å². The molecule has 1 heterocycles. The van der Waals surface area contributed by atoms with Crippen LogP contribution in [0.4, 0.5) is 0 Å². The highest BCUT2D eigenvalue weighted by molar-refractivity contribution is 5.43. The number of ether oxygens (including phenoxy) is 1. The molecular weight excluding hydrogens is 236 g/mol. The van der Waals surface area contributed by atoms with Gasteiger partial charge < -0.3 is 10.5 Å². The first-order chi connectivity index (χ1) is 9.29. The first-order valence-electron chi connectivity index (χ1n) is 6.12. The molecule has 0 radical (unpaired) electrons. The zero-order valence-corrected chi connectivity index (χ0v) is 10.9. The minimum Gasteiger partial charge on any atom is -0.487 e. The fourth-order valence-corrected chi connectivity index (χ4v) is 1.68. The summed E-state index contributed by atoms with van der Waals surface area (Å²) in [6.07, 6.45) is 1.76. The lowest BCUT2D eigenvalue weighted by molar-refractivity contribution is 0.299. The molecule has 1 aromatic carbocycles. The van der Waals surface area contributed by atoms with E-state index in [4.69, 9.17) is 10.5 Å². The minimum atomic E-state index is 0.372. The molecule has 2 N–H and O–H groups in total. The molecule has 0 aliphatic rings. The van der Waals surface area contributed by atoms with Crippen LogP contribution in [-0.2, 0) is 6.61 Å². The zero-order chi connectivity index (χ0) is 13.5. The van der Waals surface area contributed by atoms with E-state index < -0.39 is 0 Å². The maximum Gasteiger partial charge on any atom is 0.130 e. The Morgan fingerprint density at radius 3 is 2.84 bits per heavy atom. The summed E-state index contributed by atoms with van der Waals surface area (Å²) in [5.41, 5.74) is 8.27. The molecule has 0 amide bonds. The molecule has 0 fully saturated rings. The first-order valence-corrected chi connectivity index (χ1v) is 6.12. The summed E-state index contributed by atoms with van der Waals surface area (Å²) in [7, 11) is 0. The molecule has 1 aromatic heterocycles. The van der Waals surface area contributed by atoms with Crippen LogP contribution in [0.25, 0.3) is 0 Å². The fourth-order valence-electron chi connectivity index (χ4n) is 1.68. The molecule has 0 saturated carbocycles. The van der Waals surface area contributed by atoms with Crippen molar-refractivity contribution in [1.29, 1.82) is 0 Å². The largest absolute Gasteiger partial charge is 0.487 e. The van der Waals surface area contributed by atoms with Crippen LogP contribution in [0.3, 0.4) is 0 Å². The van der Waals surface area contributed by atoms with Crippen LogP contribution < -0.4 is 10.5 Å². The van der Waals surface area contributed by atoms with E-state index in [1.807, 2.05) is 43.3 Å². The fraction of sp³-hybridized carbons (Fsp3) is 0.188. The maximum atomic E-state index is 5.75. The van der Waals surface area contributed by atoms with Gasteiger partial charge in [-0.15, -0.1) is 0 Å². The van der Waals surface area contributed by atoms with Crippen molar-refractivity contribution in [2.24, 2.45) is 5.73 Å². The van der Waals surface area contributed by atoms with E-state index in [0.29, 0.717) is 13.2 Å². The van der Waals surface area contributed by atoms with Crippen molar-refractivity contribution in [3.63, 3.8) is 0 Å². The van der Waals surface area contributed by atoms with Gasteiger partial charge in [-0.1, -0.05) is 17.9 Å². The maximum absolute atomic E-state index is 5.75. The van der Waals surface area contributed by atoms with Crippen molar-refractivity contribution in [2.45, 2.75) is 13.5 Å². The number of aryl methyl sites for hydroxylation is 1. The number of hydrogen-bond acceptors (Lipinski definition) is 3. The second-order valence-electron chi connectivity index (χ2n) is 4.10. The van der Waals surface area contributed by atoms with Crippen molar-refractivity contribution >= 4 is 0 Å². The third kappa shape index (κ3) is 3.84. The van der Waals surface area contributed by atoms with Crippen LogP contribution in [0.1, 0.15) is 16.8 Å². The molecule has 3 nitrogen and oxygen atoms in total. The number of rotatable bonds is 3. The Kier molecular flexibility index (Phi) is 4.54. The van der Waals surface area contributed by atoms with Crippen molar-refractivity contribution in [1.82, 2.24) is 4.98 Å². The number of benzene rings is 1. The Bertz CT molecular complexity index is 597. The van der Waals surface area contributed by atoms with Crippen molar-refractivity contribution in [3.05, 3.63) is 59.4 Å². The molecule has 0 aliphatic carbocycles. The van der Waals surface area contributed by atoms with Gasteiger partial charge in [-0.05, 0) is 42.8 Å². The second-order valence-corrected chi connectivity index (χ2v) is 4.10. The zero-order valence-electron chi connectivity index (χ0n) is 10.9. The van der Waals surface area contributed by atoms with Gasteiger partial charge in [0.05, 0.1) is 12.2 Å². The Labute approximate surface area is 113 Å². The molecule has 0 aliphatic heterocycles. The third-order valence-corrected chi connectivity index (χ3v) is 2.61. The summed E-state index contributed by atoms with van der Waals surface area (Å²) in [4.78, 5) is 4.22. The lowest BCUT2D eigenvalue weighted by atomic mass is 10.1. The quantitative estimate of drug-likeness (QED) is 0.852. The molecule has 0 saturated heterocycles. The van der Waals surface area contributed by atoms with Crippen LogP contribution in [-0.4, -0.2) is 11.5 Å². The van der Waals surface area contributed by atoms with Gasteiger partial charge in [0.1, 0.15) is 12.4 Å². The molecule has 2 aromatic rings. The van der Waals surface area contributed by atoms with Crippen LogP contribution in [0.15, 0.2) is 42.6 Å². The average Bonchev–Trinajstić information content (AvgIpc) is 2.45. The van der Waals surface area contributed by atoms with E-state index in [1.165, 1.54) is 0 Å². The van der Waals surface area contributed by atoms with E-state index in [-0.39, 0.29) is 0 Å². The van der Waals surface area contributed by atoms with E-state index in [0.717, 1.165) is 22.6 Å². The molecule has 2 rings (SSSR count). The summed E-state index contributed by atoms with van der Waals surface area (Å²) in [5.74, 6) is 6.69. The van der Waals surface area contributed by atoms with Crippen LogP contribution in [0, 0.1) is 18.8 Å². The van der Waals surface area contributed by atoms with Gasteiger partial charge in [0.2, 0.25) is 0 Å². The summed E-state index contributed by atoms with van der Waals surface area (Å²) in [6, 6.07) is 11.6. The molecule has 0 spiro atoms. The second kappa shape index (κ2) is 6.58. The van der Waals surface area contributed by atoms with E-state index in [9.17, 15) is 0 Å². The minimum absolute atomic E-state index is 0.372. The summed E-state index contributed by atoms with van der Waals surface area (Å²) < 4.78 is 5.75. The standard InChI is InChI=1S/C16H16N2O/c1-13-11-14(5-4-9-17)7-8-16(13)19-12-15-6-2-3-10-18-15/h2-3,6-8,10-11H,9,12,17H2,1H3. The van der Waals surface area contributed by atoms with Gasteiger partial charge in [0.25, 0.3) is 0 Å². The molecule has 19 heavy (non-hydrogen) atoms. The van der Waals surface area contributed by atoms with Crippen molar-refractivity contribution in [2.75, 3.05) is 6.54 Å². The van der Waals surface area contributed by atoms with Crippen LogP contribution in [0.5, 0.6) is 5.75 Å². The summed E-state index contributed by atoms with van der Waals surface area (Å²) >= 11 is 0. The SMILES string of the molecule is Cc1cc(C#CCN)ccc1OCc1ccccn1. The molecule has 0 bridgehead atoms. The Hall–Kier alpha value is -2.31. The van der Waals surface area contributed by atoms with Crippen molar-refractivity contribution < 1.29 is 4.74 Å². The molecule has 96 valence electrons. The van der Waals surface area contributed by atoms with Crippen molar-refractivity contribution in [3.8, 4) is 17.6 Å². The number of hydrogen-bond donors (Lipinski definition) is 1. The van der Waals surface area contributed by atoms with Gasteiger partial charge in [-0.3, -0.25) is 4.98 Å². The summed E-state index contributed by atoms with van der Waals surface area (Å²) in [5, 5.41) is 0. The number of nitrogens with zero attached hydrogens (tertiary/aromatic N) is 1. The first kappa shape index (κ1) is 13.1. The Morgan fingerprint density at radius 2 is 2.16 bits per heavy atom. The monoisotopic (exact) mass is 252 g/mol. The molecule has 0 unspecified atom stereocenters. The highest BCUT2D eigenvalue weighted by atomic mass is 16.5. The topological polar surface area (TPSA) is 48.1 Å². The highest BCUT2D eigenvalue weighted by Crippen LogP contribution is 2.19. The van der Waals surface area contributed by atoms with Gasteiger partial charge >= 0.3 is 0 Å². The number of aromatic nitrogens is 1. The third-order valence-electron chi connectivity index (χ3n) is 2.61. The molecule has 3 heteroatoms. The molecular formula is C16H16N2O. The van der Waals surface area contributed by atoms with E-state index in [2.05, 4.69) is 16.8 Å². The smallest absolute Gasteiger partial charge is 0.130 e. The van der Waals surface area contributed by atoms with E-state index in [1.54, 1.807) is 6.20 Å². The lowest BCUT2D eigenvalue weighted by Crippen LogP contribution is -1.99. The van der Waals surface area contributed by atoms with Gasteiger partial charge in [0.15, 0.2) is 0 Å². The number of pyridine rings is 1. The number of nitrogens with two attached hydrogens (primary N) is 1. The van der Waals surface area contributed by atoms with Crippen LogP contribution in [0.2, 0.25) is 0 Å². The van der Waals surface area contributed by atoms with Gasteiger partial charge in [-0.2, -0.15) is 0 Å². The lowest BCUT2D eigenvalue weighted by Gasteiger charge is -2.08. The normalized spacial score (nSPS) is 9.58. The molecule has 0 atom stereocenters. The predicted octanol–water partition coefficient (Wildman–Crippen LogP) is 2.28.